The highest BCUT2D eigenvalue weighted by Gasteiger charge is 2.25. The van der Waals surface area contributed by atoms with Gasteiger partial charge in [0.25, 0.3) is 5.91 Å². The van der Waals surface area contributed by atoms with Crippen LogP contribution in [0.3, 0.4) is 0 Å². The van der Waals surface area contributed by atoms with Gasteiger partial charge in [0.2, 0.25) is 0 Å². The fourth-order valence-electron chi connectivity index (χ4n) is 2.50. The fourth-order valence-corrected chi connectivity index (χ4v) is 2.75. The number of hydrogen-bond acceptors (Lipinski definition) is 2. The normalized spacial score (nSPS) is 20.9. The van der Waals surface area contributed by atoms with E-state index < -0.39 is 0 Å². The Morgan fingerprint density at radius 3 is 2.72 bits per heavy atom. The summed E-state index contributed by atoms with van der Waals surface area (Å²) in [5.74, 6) is 0.730. The summed E-state index contributed by atoms with van der Waals surface area (Å²) in [4.78, 5) is 14.4. The Balaban J connectivity index is 2.20. The van der Waals surface area contributed by atoms with Crippen LogP contribution in [0.15, 0.2) is 0 Å². The summed E-state index contributed by atoms with van der Waals surface area (Å²) in [6.07, 6.45) is 3.34. The molecule has 0 radical (unpaired) electrons. The Morgan fingerprint density at radius 2 is 2.11 bits per heavy atom. The topological polar surface area (TPSA) is 38.1 Å². The maximum absolute atomic E-state index is 12.5. The quantitative estimate of drug-likeness (QED) is 0.786. The van der Waals surface area contributed by atoms with Gasteiger partial charge in [0.05, 0.1) is 11.3 Å². The molecule has 0 bridgehead atoms. The predicted octanol–water partition coefficient (Wildman–Crippen LogP) is 2.64. The number of amides is 1. The molecule has 1 fully saturated rings. The minimum atomic E-state index is 0.0275. The minimum Gasteiger partial charge on any atom is -0.338 e. The number of halogens is 1. The Kier molecular flexibility index (Phi) is 3.95. The van der Waals surface area contributed by atoms with E-state index in [9.17, 15) is 4.79 Å². The van der Waals surface area contributed by atoms with Crippen LogP contribution in [0, 0.1) is 12.8 Å². The van der Waals surface area contributed by atoms with Gasteiger partial charge < -0.3 is 4.90 Å². The van der Waals surface area contributed by atoms with Crippen LogP contribution in [0.1, 0.15) is 42.2 Å². The number of aryl methyl sites for hydroxylation is 2. The lowest BCUT2D eigenvalue weighted by molar-refractivity contribution is 0.0760. The van der Waals surface area contributed by atoms with E-state index in [-0.39, 0.29) is 5.91 Å². The maximum atomic E-state index is 12.5. The molecule has 0 spiro atoms. The molecule has 0 aliphatic carbocycles. The Morgan fingerprint density at radius 1 is 1.39 bits per heavy atom. The summed E-state index contributed by atoms with van der Waals surface area (Å²) in [5.41, 5.74) is 1.28. The highest BCUT2D eigenvalue weighted by Crippen LogP contribution is 2.23. The van der Waals surface area contributed by atoms with Gasteiger partial charge in [-0.05, 0) is 32.1 Å². The first-order chi connectivity index (χ1) is 8.50. The van der Waals surface area contributed by atoms with E-state index in [4.69, 9.17) is 11.6 Å². The summed E-state index contributed by atoms with van der Waals surface area (Å²) in [6.45, 7) is 5.73. The standard InChI is InChI=1S/C13H20ClN3O/c1-9-5-4-7-17(8-6-9)13(18)11-10(2)15-16(3)12(11)14/h9H,4-8H2,1-3H3/t9-/m1/s1. The fraction of sp³-hybridized carbons (Fsp3) is 0.692. The van der Waals surface area contributed by atoms with Crippen LogP contribution in [0.25, 0.3) is 0 Å². The van der Waals surface area contributed by atoms with E-state index in [1.807, 2.05) is 11.8 Å². The van der Waals surface area contributed by atoms with Crippen molar-refractivity contribution in [3.8, 4) is 0 Å². The number of aromatic nitrogens is 2. The number of likely N-dealkylation sites (tertiary alicyclic amines) is 1. The van der Waals surface area contributed by atoms with Crippen LogP contribution in [-0.4, -0.2) is 33.7 Å². The molecular weight excluding hydrogens is 250 g/mol. The number of nitrogens with zero attached hydrogens (tertiary/aromatic N) is 3. The lowest BCUT2D eigenvalue weighted by Crippen LogP contribution is -2.32. The molecular formula is C13H20ClN3O. The van der Waals surface area contributed by atoms with Crippen molar-refractivity contribution in [2.75, 3.05) is 13.1 Å². The van der Waals surface area contributed by atoms with E-state index >= 15 is 0 Å². The summed E-state index contributed by atoms with van der Waals surface area (Å²) >= 11 is 6.15. The van der Waals surface area contributed by atoms with E-state index in [0.717, 1.165) is 25.9 Å². The molecule has 1 saturated heterocycles. The predicted molar refractivity (Wildman–Crippen MR) is 71.9 cm³/mol. The molecule has 2 rings (SSSR count). The highest BCUT2D eigenvalue weighted by atomic mass is 35.5. The highest BCUT2D eigenvalue weighted by molar-refractivity contribution is 6.33. The average Bonchev–Trinajstić information content (AvgIpc) is 2.51. The van der Waals surface area contributed by atoms with Crippen molar-refractivity contribution in [1.29, 1.82) is 0 Å². The van der Waals surface area contributed by atoms with E-state index in [0.29, 0.717) is 22.3 Å². The molecule has 1 atom stereocenters. The largest absolute Gasteiger partial charge is 0.338 e. The summed E-state index contributed by atoms with van der Waals surface area (Å²) < 4.78 is 1.56. The molecule has 0 unspecified atom stereocenters. The van der Waals surface area contributed by atoms with Gasteiger partial charge in [0.15, 0.2) is 0 Å². The molecule has 18 heavy (non-hydrogen) atoms. The van der Waals surface area contributed by atoms with Gasteiger partial charge in [-0.2, -0.15) is 5.10 Å². The van der Waals surface area contributed by atoms with Gasteiger partial charge in [-0.3, -0.25) is 9.48 Å². The number of carbonyl (C=O) groups excluding carboxylic acids is 1. The van der Waals surface area contributed by atoms with Gasteiger partial charge in [0.1, 0.15) is 5.15 Å². The zero-order valence-corrected chi connectivity index (χ0v) is 12.0. The van der Waals surface area contributed by atoms with Gasteiger partial charge in [-0.1, -0.05) is 18.5 Å². The number of hydrogen-bond donors (Lipinski definition) is 0. The zero-order chi connectivity index (χ0) is 13.3. The second-order valence-corrected chi connectivity index (χ2v) is 5.56. The van der Waals surface area contributed by atoms with Gasteiger partial charge in [-0.25, -0.2) is 0 Å². The average molecular weight is 270 g/mol. The monoisotopic (exact) mass is 269 g/mol. The van der Waals surface area contributed by atoms with Crippen molar-refractivity contribution in [3.63, 3.8) is 0 Å². The second kappa shape index (κ2) is 5.31. The number of carbonyl (C=O) groups is 1. The molecule has 2 heterocycles. The number of rotatable bonds is 1. The van der Waals surface area contributed by atoms with Crippen LogP contribution in [-0.2, 0) is 7.05 Å². The lowest BCUT2D eigenvalue weighted by Gasteiger charge is -2.20. The van der Waals surface area contributed by atoms with Crippen molar-refractivity contribution in [2.45, 2.75) is 33.1 Å². The van der Waals surface area contributed by atoms with Crippen molar-refractivity contribution in [3.05, 3.63) is 16.4 Å². The molecule has 5 heteroatoms. The zero-order valence-electron chi connectivity index (χ0n) is 11.2. The summed E-state index contributed by atoms with van der Waals surface area (Å²) in [6, 6.07) is 0. The van der Waals surface area contributed by atoms with E-state index in [1.54, 1.807) is 11.7 Å². The maximum Gasteiger partial charge on any atom is 0.258 e. The first kappa shape index (κ1) is 13.4. The molecule has 100 valence electrons. The van der Waals surface area contributed by atoms with Crippen LogP contribution in [0.2, 0.25) is 5.15 Å². The molecule has 1 aliphatic heterocycles. The summed E-state index contributed by atoms with van der Waals surface area (Å²) in [7, 11) is 1.76. The summed E-state index contributed by atoms with van der Waals surface area (Å²) in [5, 5.41) is 4.64. The van der Waals surface area contributed by atoms with Gasteiger partial charge in [0, 0.05) is 20.1 Å². The van der Waals surface area contributed by atoms with Gasteiger partial charge >= 0.3 is 0 Å². The molecule has 0 saturated carbocycles. The molecule has 1 aliphatic rings. The van der Waals surface area contributed by atoms with Crippen LogP contribution in [0.4, 0.5) is 0 Å². The first-order valence-corrected chi connectivity index (χ1v) is 6.87. The van der Waals surface area contributed by atoms with Crippen LogP contribution in [0.5, 0.6) is 0 Å². The van der Waals surface area contributed by atoms with Crippen molar-refractivity contribution in [2.24, 2.45) is 13.0 Å². The third-order valence-electron chi connectivity index (χ3n) is 3.67. The first-order valence-electron chi connectivity index (χ1n) is 6.49. The smallest absolute Gasteiger partial charge is 0.258 e. The van der Waals surface area contributed by atoms with Crippen molar-refractivity contribution < 1.29 is 4.79 Å². The molecule has 0 N–H and O–H groups in total. The lowest BCUT2D eigenvalue weighted by atomic mass is 10.0. The third-order valence-corrected chi connectivity index (χ3v) is 4.10. The van der Waals surface area contributed by atoms with Crippen LogP contribution < -0.4 is 0 Å². The van der Waals surface area contributed by atoms with E-state index in [1.165, 1.54) is 6.42 Å². The molecule has 1 aromatic rings. The Hall–Kier alpha value is -1.03. The van der Waals surface area contributed by atoms with Crippen molar-refractivity contribution in [1.82, 2.24) is 14.7 Å². The molecule has 0 aromatic carbocycles. The van der Waals surface area contributed by atoms with E-state index in [2.05, 4.69) is 12.0 Å². The Bertz CT molecular complexity index is 455. The Labute approximate surface area is 113 Å². The van der Waals surface area contributed by atoms with Crippen LogP contribution >= 0.6 is 11.6 Å². The van der Waals surface area contributed by atoms with Gasteiger partial charge in [-0.15, -0.1) is 0 Å². The molecule has 1 amide bonds. The molecule has 1 aromatic heterocycles. The SMILES string of the molecule is Cc1nn(C)c(Cl)c1C(=O)N1CCC[C@@H](C)CC1. The molecule has 4 nitrogen and oxygen atoms in total. The minimum absolute atomic E-state index is 0.0275. The van der Waals surface area contributed by atoms with Crippen molar-refractivity contribution >= 4 is 17.5 Å². The third kappa shape index (κ3) is 2.53. The second-order valence-electron chi connectivity index (χ2n) is 5.20.